The lowest BCUT2D eigenvalue weighted by Gasteiger charge is -2.33. The van der Waals surface area contributed by atoms with E-state index in [0.717, 1.165) is 17.8 Å². The highest BCUT2D eigenvalue weighted by molar-refractivity contribution is 8.00. The highest BCUT2D eigenvalue weighted by Crippen LogP contribution is 2.38. The summed E-state index contributed by atoms with van der Waals surface area (Å²) in [5.41, 5.74) is 5.10. The van der Waals surface area contributed by atoms with E-state index >= 15 is 0 Å². The van der Waals surface area contributed by atoms with Crippen molar-refractivity contribution in [1.82, 2.24) is 14.9 Å². The Labute approximate surface area is 167 Å². The van der Waals surface area contributed by atoms with Crippen LogP contribution in [0.25, 0.3) is 0 Å². The van der Waals surface area contributed by atoms with Gasteiger partial charge in [0.15, 0.2) is 5.82 Å². The van der Waals surface area contributed by atoms with Crippen molar-refractivity contribution in [2.45, 2.75) is 29.8 Å². The first-order chi connectivity index (χ1) is 13.7. The van der Waals surface area contributed by atoms with Crippen molar-refractivity contribution >= 4 is 23.4 Å². The number of thioether (sulfide) groups is 1. The second kappa shape index (κ2) is 7.93. The van der Waals surface area contributed by atoms with Crippen LogP contribution in [-0.4, -0.2) is 33.1 Å². The van der Waals surface area contributed by atoms with Crippen LogP contribution in [-0.2, 0) is 11.2 Å². The molecule has 28 heavy (non-hydrogen) atoms. The van der Waals surface area contributed by atoms with Crippen molar-refractivity contribution in [3.05, 3.63) is 66.0 Å². The highest BCUT2D eigenvalue weighted by atomic mass is 32.2. The van der Waals surface area contributed by atoms with E-state index in [-0.39, 0.29) is 11.9 Å². The van der Waals surface area contributed by atoms with Crippen LogP contribution in [0.1, 0.15) is 24.4 Å². The Morgan fingerprint density at radius 2 is 1.93 bits per heavy atom. The Hall–Kier alpha value is -3.00. The normalized spacial score (nSPS) is 18.1. The number of hydrogen-bond acceptors (Lipinski definition) is 6. The van der Waals surface area contributed by atoms with Gasteiger partial charge in [0.1, 0.15) is 11.0 Å². The van der Waals surface area contributed by atoms with Crippen LogP contribution in [0.3, 0.4) is 0 Å². The lowest BCUT2D eigenvalue weighted by molar-refractivity contribution is -0.116. The zero-order chi connectivity index (χ0) is 19.5. The molecule has 2 N–H and O–H groups in total. The molecule has 2 aromatic carbocycles. The van der Waals surface area contributed by atoms with Crippen LogP contribution in [0.15, 0.2) is 59.8 Å². The zero-order valence-electron chi connectivity index (χ0n) is 15.6. The maximum Gasteiger partial charge on any atom is 0.240 e. The monoisotopic (exact) mass is 395 g/mol. The van der Waals surface area contributed by atoms with E-state index in [1.54, 1.807) is 7.11 Å². The third-order valence-electron chi connectivity index (χ3n) is 4.60. The number of ether oxygens (including phenoxy) is 1. The Balaban J connectivity index is 1.67. The van der Waals surface area contributed by atoms with Gasteiger partial charge in [0.25, 0.3) is 0 Å². The quantitative estimate of drug-likeness (QED) is 0.690. The number of anilines is 1. The largest absolute Gasteiger partial charge is 0.495 e. The molecule has 2 atom stereocenters. The minimum Gasteiger partial charge on any atom is -0.495 e. The summed E-state index contributed by atoms with van der Waals surface area (Å²) < 4.78 is 7.24. The predicted octanol–water partition coefficient (Wildman–Crippen LogP) is 3.25. The van der Waals surface area contributed by atoms with Gasteiger partial charge >= 0.3 is 0 Å². The molecular weight excluding hydrogens is 374 g/mol. The Kier molecular flexibility index (Phi) is 5.21. The maximum atomic E-state index is 13.2. The molecule has 7 nitrogen and oxygen atoms in total. The van der Waals surface area contributed by atoms with E-state index in [2.05, 4.69) is 20.9 Å². The van der Waals surface area contributed by atoms with E-state index in [4.69, 9.17) is 4.74 Å². The van der Waals surface area contributed by atoms with Gasteiger partial charge in [0.2, 0.25) is 11.1 Å². The minimum atomic E-state index is -0.422. The molecule has 0 spiro atoms. The molecular formula is C20H21N5O2S. The molecule has 0 unspecified atom stereocenters. The number of carbonyl (C=O) groups is 1. The standard InChI is InChI=1S/C20H21N5O2S/c1-3-16-22-23-20-25(16)24-17(13-9-5-4-6-10-13)18(28-20)19(26)21-14-11-7-8-12-15(14)27-2/h4-12,17-18,24H,3H2,1-2H3,(H,21,26)/t17-,18+/m0/s1. The number of aryl methyl sites for hydroxylation is 1. The lowest BCUT2D eigenvalue weighted by Crippen LogP contribution is -2.41. The zero-order valence-corrected chi connectivity index (χ0v) is 16.4. The third kappa shape index (κ3) is 3.43. The topological polar surface area (TPSA) is 81.1 Å². The molecule has 0 saturated carbocycles. The van der Waals surface area contributed by atoms with Gasteiger partial charge < -0.3 is 15.5 Å². The average molecular weight is 395 g/mol. The average Bonchev–Trinajstić information content (AvgIpc) is 3.16. The van der Waals surface area contributed by atoms with Gasteiger partial charge in [-0.05, 0) is 17.7 Å². The van der Waals surface area contributed by atoms with Gasteiger partial charge in [0.05, 0.1) is 18.8 Å². The van der Waals surface area contributed by atoms with Crippen molar-refractivity contribution in [3.63, 3.8) is 0 Å². The fraction of sp³-hybridized carbons (Fsp3) is 0.250. The summed E-state index contributed by atoms with van der Waals surface area (Å²) in [7, 11) is 1.59. The van der Waals surface area contributed by atoms with Gasteiger partial charge in [-0.25, -0.2) is 4.68 Å². The molecule has 0 fully saturated rings. The highest BCUT2D eigenvalue weighted by Gasteiger charge is 2.37. The Bertz CT molecular complexity index is 976. The van der Waals surface area contributed by atoms with E-state index in [9.17, 15) is 4.79 Å². The molecule has 8 heteroatoms. The number of aromatic nitrogens is 3. The summed E-state index contributed by atoms with van der Waals surface area (Å²) in [6.07, 6.45) is 0.750. The lowest BCUT2D eigenvalue weighted by atomic mass is 10.0. The number of amides is 1. The number of para-hydroxylation sites is 2. The fourth-order valence-corrected chi connectivity index (χ4v) is 4.29. The molecule has 0 aliphatic carbocycles. The van der Waals surface area contributed by atoms with Crippen molar-refractivity contribution in [2.75, 3.05) is 17.9 Å². The maximum absolute atomic E-state index is 13.2. The summed E-state index contributed by atoms with van der Waals surface area (Å²) in [6.45, 7) is 2.03. The molecule has 1 aliphatic rings. The molecule has 0 bridgehead atoms. The Morgan fingerprint density at radius 3 is 2.68 bits per heavy atom. The molecule has 1 amide bonds. The van der Waals surface area contributed by atoms with Crippen molar-refractivity contribution in [3.8, 4) is 5.75 Å². The number of rotatable bonds is 5. The second-order valence-electron chi connectivity index (χ2n) is 6.33. The molecule has 0 radical (unpaired) electrons. The van der Waals surface area contributed by atoms with Crippen molar-refractivity contribution in [1.29, 1.82) is 0 Å². The summed E-state index contributed by atoms with van der Waals surface area (Å²) in [5.74, 6) is 1.34. The van der Waals surface area contributed by atoms with E-state index in [1.807, 2.05) is 66.2 Å². The molecule has 144 valence electrons. The van der Waals surface area contributed by atoms with Gasteiger partial charge in [-0.15, -0.1) is 10.2 Å². The van der Waals surface area contributed by atoms with Crippen LogP contribution in [0.4, 0.5) is 5.69 Å². The predicted molar refractivity (Wildman–Crippen MR) is 109 cm³/mol. The molecule has 1 aliphatic heterocycles. The van der Waals surface area contributed by atoms with E-state index in [1.165, 1.54) is 11.8 Å². The van der Waals surface area contributed by atoms with Gasteiger partial charge in [0, 0.05) is 6.42 Å². The number of methoxy groups -OCH3 is 1. The first-order valence-electron chi connectivity index (χ1n) is 9.07. The van der Waals surface area contributed by atoms with Crippen molar-refractivity contribution < 1.29 is 9.53 Å². The van der Waals surface area contributed by atoms with Crippen molar-refractivity contribution in [2.24, 2.45) is 0 Å². The number of fused-ring (bicyclic) bond motifs is 1. The fourth-order valence-electron chi connectivity index (χ4n) is 3.19. The number of carbonyl (C=O) groups excluding carboxylic acids is 1. The van der Waals surface area contributed by atoms with Crippen LogP contribution in [0, 0.1) is 0 Å². The molecule has 0 saturated heterocycles. The summed E-state index contributed by atoms with van der Waals surface area (Å²) in [6, 6.07) is 17.1. The van der Waals surface area contributed by atoms with Crippen LogP contribution >= 0.6 is 11.8 Å². The second-order valence-corrected chi connectivity index (χ2v) is 7.44. The van der Waals surface area contributed by atoms with Gasteiger partial charge in [-0.3, -0.25) is 4.79 Å². The number of benzene rings is 2. The number of hydrogen-bond donors (Lipinski definition) is 2. The summed E-state index contributed by atoms with van der Waals surface area (Å²) >= 11 is 1.41. The number of nitrogens with zero attached hydrogens (tertiary/aromatic N) is 3. The Morgan fingerprint density at radius 1 is 1.18 bits per heavy atom. The van der Waals surface area contributed by atoms with E-state index < -0.39 is 5.25 Å². The third-order valence-corrected chi connectivity index (χ3v) is 5.82. The first kappa shape index (κ1) is 18.4. The van der Waals surface area contributed by atoms with Crippen LogP contribution < -0.4 is 15.5 Å². The minimum absolute atomic E-state index is 0.122. The molecule has 4 rings (SSSR count). The smallest absolute Gasteiger partial charge is 0.240 e. The van der Waals surface area contributed by atoms with Gasteiger partial charge in [-0.2, -0.15) is 0 Å². The summed E-state index contributed by atoms with van der Waals surface area (Å²) in [5, 5.41) is 11.7. The SMILES string of the molecule is CCc1nnc2n1N[C@@H](c1ccccc1)[C@H](C(=O)Nc1ccccc1OC)S2. The first-order valence-corrected chi connectivity index (χ1v) is 9.95. The summed E-state index contributed by atoms with van der Waals surface area (Å²) in [4.78, 5) is 13.2. The van der Waals surface area contributed by atoms with Gasteiger partial charge in [-0.1, -0.05) is 61.2 Å². The van der Waals surface area contributed by atoms with Crippen LogP contribution in [0.5, 0.6) is 5.75 Å². The molecule has 3 aromatic rings. The molecule has 1 aromatic heterocycles. The molecule has 2 heterocycles. The van der Waals surface area contributed by atoms with Crippen LogP contribution in [0.2, 0.25) is 0 Å². The number of nitrogens with one attached hydrogen (secondary N) is 2. The van der Waals surface area contributed by atoms with E-state index in [0.29, 0.717) is 16.6 Å².